The van der Waals surface area contributed by atoms with Crippen LogP contribution in [0.3, 0.4) is 0 Å². The van der Waals surface area contributed by atoms with E-state index in [0.29, 0.717) is 17.9 Å². The van der Waals surface area contributed by atoms with Crippen LogP contribution in [-0.4, -0.2) is 54.3 Å². The fourth-order valence-electron chi connectivity index (χ4n) is 5.23. The van der Waals surface area contributed by atoms with E-state index in [1.54, 1.807) is 12.1 Å². The summed E-state index contributed by atoms with van der Waals surface area (Å²) in [5, 5.41) is 2.56. The molecule has 0 aromatic heterocycles. The lowest BCUT2D eigenvalue weighted by Crippen LogP contribution is -2.38. The molecule has 4 atom stereocenters. The highest BCUT2D eigenvalue weighted by Gasteiger charge is 2.61. The molecule has 3 amide bonds. The predicted molar refractivity (Wildman–Crippen MR) is 116 cm³/mol. The molecule has 1 heterocycles. The van der Waals surface area contributed by atoms with Crippen molar-refractivity contribution in [3.05, 3.63) is 29.8 Å². The molecule has 1 saturated heterocycles. The molecule has 9 nitrogen and oxygen atoms in total. The lowest BCUT2D eigenvalue weighted by atomic mass is 9.81. The van der Waals surface area contributed by atoms with E-state index < -0.39 is 31.0 Å². The molecule has 2 aliphatic carbocycles. The number of ether oxygens (including phenoxy) is 2. The van der Waals surface area contributed by atoms with Gasteiger partial charge in [0.2, 0.25) is 11.8 Å². The summed E-state index contributed by atoms with van der Waals surface area (Å²) in [6, 6.07) is 6.16. The maximum Gasteiger partial charge on any atom is 0.338 e. The Morgan fingerprint density at radius 2 is 1.64 bits per heavy atom. The highest BCUT2D eigenvalue weighted by atomic mass is 16.5. The molecule has 0 radical (unpaired) electrons. The van der Waals surface area contributed by atoms with Gasteiger partial charge >= 0.3 is 11.9 Å². The minimum atomic E-state index is -0.802. The number of hydrogen-bond acceptors (Lipinski definition) is 7. The molecule has 3 aliphatic rings. The summed E-state index contributed by atoms with van der Waals surface area (Å²) in [4.78, 5) is 62.4. The van der Waals surface area contributed by atoms with E-state index in [0.717, 1.165) is 37.0 Å². The molecule has 0 spiro atoms. The lowest BCUT2D eigenvalue weighted by molar-refractivity contribution is -0.154. The maximum absolute atomic E-state index is 12.6. The van der Waals surface area contributed by atoms with Gasteiger partial charge in [-0.25, -0.2) is 4.79 Å². The number of esters is 2. The van der Waals surface area contributed by atoms with Gasteiger partial charge in [0, 0.05) is 5.69 Å². The second-order valence-corrected chi connectivity index (χ2v) is 8.92. The van der Waals surface area contributed by atoms with Crippen molar-refractivity contribution in [2.24, 2.45) is 23.7 Å². The highest BCUT2D eigenvalue weighted by molar-refractivity contribution is 6.08. The Balaban J connectivity index is 1.21. The van der Waals surface area contributed by atoms with Crippen LogP contribution in [0.2, 0.25) is 0 Å². The number of likely N-dealkylation sites (tertiary alicyclic amines) is 1. The summed E-state index contributed by atoms with van der Waals surface area (Å²) >= 11 is 0. The van der Waals surface area contributed by atoms with Crippen molar-refractivity contribution in [2.75, 3.05) is 25.1 Å². The van der Waals surface area contributed by atoms with E-state index in [-0.39, 0.29) is 35.5 Å². The molecule has 4 rings (SSSR count). The molecule has 176 valence electrons. The zero-order chi connectivity index (χ0) is 23.5. The van der Waals surface area contributed by atoms with E-state index >= 15 is 0 Å². The summed E-state index contributed by atoms with van der Waals surface area (Å²) in [6.45, 7) is 1.35. The monoisotopic (exact) mass is 456 g/mol. The number of nitrogens with zero attached hydrogens (tertiary/aromatic N) is 1. The fourth-order valence-corrected chi connectivity index (χ4v) is 5.23. The maximum atomic E-state index is 12.6. The van der Waals surface area contributed by atoms with Gasteiger partial charge < -0.3 is 14.8 Å². The van der Waals surface area contributed by atoms with Crippen molar-refractivity contribution in [3.8, 4) is 0 Å². The van der Waals surface area contributed by atoms with Gasteiger partial charge in [-0.3, -0.25) is 24.1 Å². The molecule has 33 heavy (non-hydrogen) atoms. The average molecular weight is 456 g/mol. The Bertz CT molecular complexity index is 930. The third-order valence-corrected chi connectivity index (χ3v) is 6.81. The topological polar surface area (TPSA) is 119 Å². The number of amides is 3. The van der Waals surface area contributed by atoms with Crippen LogP contribution in [0.15, 0.2) is 24.3 Å². The normalized spacial score (nSPS) is 25.2. The minimum Gasteiger partial charge on any atom is -0.462 e. The first kappa shape index (κ1) is 22.9. The Hall–Kier alpha value is -3.23. The van der Waals surface area contributed by atoms with E-state index in [2.05, 4.69) is 5.32 Å². The number of fused-ring (bicyclic) bond motifs is 5. The first-order chi connectivity index (χ1) is 15.9. The van der Waals surface area contributed by atoms with Gasteiger partial charge in [0.1, 0.15) is 6.54 Å². The summed E-state index contributed by atoms with van der Waals surface area (Å²) in [7, 11) is 0. The summed E-state index contributed by atoms with van der Waals surface area (Å²) < 4.78 is 10.1. The second kappa shape index (κ2) is 9.72. The number of unbranched alkanes of at least 4 members (excludes halogenated alkanes) is 1. The number of rotatable bonds is 9. The van der Waals surface area contributed by atoms with Crippen molar-refractivity contribution < 1.29 is 33.4 Å². The Kier molecular flexibility index (Phi) is 6.76. The molecular formula is C24H28N2O7. The Morgan fingerprint density at radius 3 is 2.24 bits per heavy atom. The molecule has 1 aromatic carbocycles. The van der Waals surface area contributed by atoms with Gasteiger partial charge in [-0.1, -0.05) is 13.3 Å². The second-order valence-electron chi connectivity index (χ2n) is 8.92. The van der Waals surface area contributed by atoms with E-state index in [4.69, 9.17) is 9.47 Å². The van der Waals surface area contributed by atoms with Gasteiger partial charge in [-0.05, 0) is 61.8 Å². The average Bonchev–Trinajstić information content (AvgIpc) is 3.48. The molecule has 2 bridgehead atoms. The van der Waals surface area contributed by atoms with Gasteiger partial charge in [-0.15, -0.1) is 0 Å². The number of hydrogen-bond donors (Lipinski definition) is 1. The molecule has 0 unspecified atom stereocenters. The van der Waals surface area contributed by atoms with Crippen molar-refractivity contribution in [3.63, 3.8) is 0 Å². The third-order valence-electron chi connectivity index (χ3n) is 6.81. The van der Waals surface area contributed by atoms with Crippen molar-refractivity contribution in [1.82, 2.24) is 4.90 Å². The molecule has 3 fully saturated rings. The van der Waals surface area contributed by atoms with Crippen LogP contribution in [0.1, 0.15) is 49.4 Å². The fraction of sp³-hybridized carbons (Fsp3) is 0.542. The number of imide groups is 1. The Morgan fingerprint density at radius 1 is 1.00 bits per heavy atom. The third kappa shape index (κ3) is 4.77. The van der Waals surface area contributed by atoms with Crippen LogP contribution >= 0.6 is 0 Å². The van der Waals surface area contributed by atoms with Gasteiger partial charge in [0.05, 0.1) is 24.0 Å². The van der Waals surface area contributed by atoms with Crippen LogP contribution in [-0.2, 0) is 28.7 Å². The molecule has 2 saturated carbocycles. The standard InChI is InChI=1S/C24H28N2O7/c1-2-3-10-32-24(31)14-6-8-17(9-7-14)25-18(27)13-33-19(28)12-26-22(29)20-15-4-5-16(11-15)21(20)23(26)30/h6-9,15-16,20-21H,2-5,10-13H2,1H3,(H,25,27)/t15-,16-,20-,21+/m0/s1. The number of anilines is 1. The van der Waals surface area contributed by atoms with Gasteiger partial charge in [0.25, 0.3) is 5.91 Å². The van der Waals surface area contributed by atoms with Crippen LogP contribution in [0.5, 0.6) is 0 Å². The van der Waals surface area contributed by atoms with E-state index in [9.17, 15) is 24.0 Å². The number of carbonyl (C=O) groups is 5. The Labute approximate surface area is 191 Å². The minimum absolute atomic E-state index is 0.243. The van der Waals surface area contributed by atoms with Crippen molar-refractivity contribution in [1.29, 1.82) is 0 Å². The van der Waals surface area contributed by atoms with E-state index in [1.807, 2.05) is 6.92 Å². The van der Waals surface area contributed by atoms with E-state index in [1.165, 1.54) is 12.1 Å². The predicted octanol–water partition coefficient (Wildman–Crippen LogP) is 2.16. The van der Waals surface area contributed by atoms with Crippen molar-refractivity contribution in [2.45, 2.75) is 39.0 Å². The summed E-state index contributed by atoms with van der Waals surface area (Å²) in [6.07, 6.45) is 4.57. The van der Waals surface area contributed by atoms with Gasteiger partial charge in [0.15, 0.2) is 6.61 Å². The lowest BCUT2D eigenvalue weighted by Gasteiger charge is -2.19. The van der Waals surface area contributed by atoms with Crippen LogP contribution in [0.4, 0.5) is 5.69 Å². The smallest absolute Gasteiger partial charge is 0.338 e. The zero-order valence-electron chi connectivity index (χ0n) is 18.6. The van der Waals surface area contributed by atoms with Crippen molar-refractivity contribution >= 4 is 35.3 Å². The number of nitrogens with one attached hydrogen (secondary N) is 1. The molecular weight excluding hydrogens is 428 g/mol. The number of benzene rings is 1. The highest BCUT2D eigenvalue weighted by Crippen LogP contribution is 2.56. The summed E-state index contributed by atoms with van der Waals surface area (Å²) in [5.74, 6) is -2.48. The molecule has 9 heteroatoms. The quantitative estimate of drug-likeness (QED) is 0.344. The largest absolute Gasteiger partial charge is 0.462 e. The van der Waals surface area contributed by atoms with Crippen LogP contribution in [0.25, 0.3) is 0 Å². The number of carbonyl (C=O) groups excluding carboxylic acids is 5. The summed E-state index contributed by atoms with van der Waals surface area (Å²) in [5.41, 5.74) is 0.794. The molecule has 1 N–H and O–H groups in total. The first-order valence-electron chi connectivity index (χ1n) is 11.5. The molecule has 1 aliphatic heterocycles. The zero-order valence-corrected chi connectivity index (χ0v) is 18.6. The SMILES string of the molecule is CCCCOC(=O)c1ccc(NC(=O)COC(=O)CN2C(=O)[C@@H]3[C@H]4CC[C@@H](C4)[C@@H]3C2=O)cc1. The molecule has 1 aromatic rings. The van der Waals surface area contributed by atoms with Crippen LogP contribution in [0, 0.1) is 23.7 Å². The van der Waals surface area contributed by atoms with Crippen LogP contribution < -0.4 is 5.32 Å². The first-order valence-corrected chi connectivity index (χ1v) is 11.5. The van der Waals surface area contributed by atoms with Gasteiger partial charge in [-0.2, -0.15) is 0 Å².